The maximum atomic E-state index is 13.4. The molecule has 0 bridgehead atoms. The topological polar surface area (TPSA) is 18.5 Å². The molecule has 0 aliphatic rings. The van der Waals surface area contributed by atoms with Crippen molar-refractivity contribution in [2.45, 2.75) is 6.42 Å². The Morgan fingerprint density at radius 1 is 0.926 bits per heavy atom. The largest absolute Gasteiger partial charge is 0.497 e. The zero-order valence-corrected chi connectivity index (χ0v) is 15.2. The van der Waals surface area contributed by atoms with Gasteiger partial charge in [0.05, 0.1) is 13.4 Å². The normalized spacial score (nSPS) is 11.1. The average Bonchev–Trinajstić information content (AvgIpc) is 2.71. The summed E-state index contributed by atoms with van der Waals surface area (Å²) < 4.78 is 24.6. The lowest BCUT2D eigenvalue weighted by molar-refractivity contribution is 0.415. The zero-order chi connectivity index (χ0) is 19.1. The van der Waals surface area contributed by atoms with Gasteiger partial charge in [0.15, 0.2) is 0 Å². The number of hydrogen-bond acceptors (Lipinski definition) is 2. The van der Waals surface area contributed by atoms with E-state index in [1.807, 2.05) is 54.6 Å². The van der Waals surface area contributed by atoms with Gasteiger partial charge in [-0.15, -0.1) is 6.58 Å². The third kappa shape index (κ3) is 4.64. The fourth-order valence-electron chi connectivity index (χ4n) is 2.77. The molecule has 2 nitrogen and oxygen atoms in total. The minimum Gasteiger partial charge on any atom is -0.497 e. The van der Waals surface area contributed by atoms with Gasteiger partial charge < -0.3 is 9.47 Å². The van der Waals surface area contributed by atoms with Gasteiger partial charge >= 0.3 is 0 Å². The number of allylic oxidation sites excluding steroid dienone is 1. The number of para-hydroxylation sites is 1. The quantitative estimate of drug-likeness (QED) is 0.378. The van der Waals surface area contributed by atoms with Crippen LogP contribution < -0.4 is 9.47 Å². The van der Waals surface area contributed by atoms with Crippen LogP contribution >= 0.6 is 0 Å². The Morgan fingerprint density at radius 3 is 2.19 bits per heavy atom. The summed E-state index contributed by atoms with van der Waals surface area (Å²) in [4.78, 5) is 0. The van der Waals surface area contributed by atoms with Crippen molar-refractivity contribution in [3.63, 3.8) is 0 Å². The molecule has 0 saturated carbocycles. The summed E-state index contributed by atoms with van der Waals surface area (Å²) in [6.45, 7) is 3.79. The van der Waals surface area contributed by atoms with Gasteiger partial charge in [0.25, 0.3) is 0 Å². The molecule has 3 aromatic rings. The van der Waals surface area contributed by atoms with Crippen molar-refractivity contribution in [1.29, 1.82) is 0 Å². The van der Waals surface area contributed by atoms with Crippen LogP contribution in [0, 0.1) is 5.82 Å². The van der Waals surface area contributed by atoms with E-state index in [0.717, 1.165) is 40.2 Å². The highest BCUT2D eigenvalue weighted by molar-refractivity contribution is 5.79. The maximum absolute atomic E-state index is 13.4. The van der Waals surface area contributed by atoms with Gasteiger partial charge in [-0.05, 0) is 53.4 Å². The molecule has 0 aromatic heterocycles. The van der Waals surface area contributed by atoms with Crippen LogP contribution in [-0.4, -0.2) is 7.11 Å². The molecular weight excluding hydrogens is 339 g/mol. The van der Waals surface area contributed by atoms with Gasteiger partial charge in [-0.3, -0.25) is 0 Å². The lowest BCUT2D eigenvalue weighted by atomic mass is 9.99. The summed E-state index contributed by atoms with van der Waals surface area (Å²) in [7, 11) is 1.63. The number of hydrogen-bond donors (Lipinski definition) is 0. The van der Waals surface area contributed by atoms with E-state index in [-0.39, 0.29) is 5.82 Å². The number of methoxy groups -OCH3 is 1. The van der Waals surface area contributed by atoms with Crippen molar-refractivity contribution in [3.05, 3.63) is 114 Å². The van der Waals surface area contributed by atoms with Gasteiger partial charge in [-0.2, -0.15) is 0 Å². The van der Waals surface area contributed by atoms with E-state index in [4.69, 9.17) is 9.47 Å². The highest BCUT2D eigenvalue weighted by Gasteiger charge is 2.08. The SMILES string of the molecule is C=CCc1ccccc1O/C=C(\c1ccc(F)cc1)c1ccc(OC)cc1. The number of ether oxygens (including phenoxy) is 2. The summed E-state index contributed by atoms with van der Waals surface area (Å²) >= 11 is 0. The highest BCUT2D eigenvalue weighted by atomic mass is 19.1. The van der Waals surface area contributed by atoms with E-state index in [2.05, 4.69) is 6.58 Å². The van der Waals surface area contributed by atoms with E-state index in [9.17, 15) is 4.39 Å². The summed E-state index contributed by atoms with van der Waals surface area (Å²) in [5.74, 6) is 1.27. The highest BCUT2D eigenvalue weighted by Crippen LogP contribution is 2.27. The van der Waals surface area contributed by atoms with Crippen LogP contribution in [0.1, 0.15) is 16.7 Å². The minimum atomic E-state index is -0.273. The molecule has 0 amide bonds. The minimum absolute atomic E-state index is 0.273. The molecule has 27 heavy (non-hydrogen) atoms. The standard InChI is InChI=1S/C24H21FO2/c1-3-6-20-7-4-5-8-24(20)27-17-23(18-9-13-21(25)14-10-18)19-11-15-22(26-2)16-12-19/h3-5,7-17H,1,6H2,2H3/b23-17+. The zero-order valence-electron chi connectivity index (χ0n) is 15.2. The molecule has 0 atom stereocenters. The van der Waals surface area contributed by atoms with Gasteiger partial charge in [0, 0.05) is 5.57 Å². The molecule has 3 rings (SSSR count). The van der Waals surface area contributed by atoms with E-state index >= 15 is 0 Å². The van der Waals surface area contributed by atoms with Crippen molar-refractivity contribution in [2.24, 2.45) is 0 Å². The van der Waals surface area contributed by atoms with Crippen LogP contribution in [0.2, 0.25) is 0 Å². The summed E-state index contributed by atoms with van der Waals surface area (Å²) in [5.41, 5.74) is 3.72. The smallest absolute Gasteiger partial charge is 0.130 e. The van der Waals surface area contributed by atoms with Gasteiger partial charge in [-0.1, -0.05) is 48.5 Å². The van der Waals surface area contributed by atoms with E-state index in [1.165, 1.54) is 12.1 Å². The maximum Gasteiger partial charge on any atom is 0.130 e. The van der Waals surface area contributed by atoms with E-state index in [0.29, 0.717) is 0 Å². The Bertz CT molecular complexity index is 925. The molecular formula is C24H21FO2. The van der Waals surface area contributed by atoms with Crippen molar-refractivity contribution in [1.82, 2.24) is 0 Å². The third-order valence-electron chi connectivity index (χ3n) is 4.20. The van der Waals surface area contributed by atoms with Crippen molar-refractivity contribution >= 4 is 5.57 Å². The van der Waals surface area contributed by atoms with E-state index < -0.39 is 0 Å². The monoisotopic (exact) mass is 360 g/mol. The molecule has 0 radical (unpaired) electrons. The van der Waals surface area contributed by atoms with Crippen LogP contribution in [0.5, 0.6) is 11.5 Å². The molecule has 0 N–H and O–H groups in total. The first-order chi connectivity index (χ1) is 13.2. The fraction of sp³-hybridized carbons (Fsp3) is 0.0833. The van der Waals surface area contributed by atoms with Crippen molar-refractivity contribution < 1.29 is 13.9 Å². The molecule has 3 aromatic carbocycles. The molecule has 0 spiro atoms. The summed E-state index contributed by atoms with van der Waals surface area (Å²) in [6, 6.07) is 21.9. The molecule has 0 aliphatic carbocycles. The molecule has 0 fully saturated rings. The number of halogens is 1. The average molecular weight is 360 g/mol. The second-order valence-electron chi connectivity index (χ2n) is 5.99. The van der Waals surface area contributed by atoms with Gasteiger partial charge in [0.1, 0.15) is 17.3 Å². The first kappa shape index (κ1) is 18.5. The Kier molecular flexibility index (Phi) is 6.06. The van der Waals surface area contributed by atoms with Gasteiger partial charge in [-0.25, -0.2) is 4.39 Å². The first-order valence-electron chi connectivity index (χ1n) is 8.67. The van der Waals surface area contributed by atoms with Gasteiger partial charge in [0.2, 0.25) is 0 Å². The summed E-state index contributed by atoms with van der Waals surface area (Å²) in [6.07, 6.45) is 4.27. The van der Waals surface area contributed by atoms with Crippen LogP contribution in [0.25, 0.3) is 5.57 Å². The molecule has 0 aliphatic heterocycles. The third-order valence-corrected chi connectivity index (χ3v) is 4.20. The number of rotatable bonds is 7. The van der Waals surface area contributed by atoms with Crippen LogP contribution in [0.4, 0.5) is 4.39 Å². The molecule has 3 heteroatoms. The van der Waals surface area contributed by atoms with Crippen molar-refractivity contribution in [2.75, 3.05) is 7.11 Å². The summed E-state index contributed by atoms with van der Waals surface area (Å²) in [5, 5.41) is 0. The lowest BCUT2D eigenvalue weighted by Crippen LogP contribution is -1.95. The predicted molar refractivity (Wildman–Crippen MR) is 107 cm³/mol. The van der Waals surface area contributed by atoms with Crippen LogP contribution in [0.15, 0.2) is 91.7 Å². The Morgan fingerprint density at radius 2 is 1.56 bits per heavy atom. The lowest BCUT2D eigenvalue weighted by Gasteiger charge is -2.12. The van der Waals surface area contributed by atoms with Crippen molar-refractivity contribution in [3.8, 4) is 11.5 Å². The first-order valence-corrected chi connectivity index (χ1v) is 8.67. The van der Waals surface area contributed by atoms with Crippen LogP contribution in [-0.2, 0) is 6.42 Å². The molecule has 0 unspecified atom stereocenters. The second kappa shape index (κ2) is 8.86. The predicted octanol–water partition coefficient (Wildman–Crippen LogP) is 6.03. The van der Waals surface area contributed by atoms with Crippen LogP contribution in [0.3, 0.4) is 0 Å². The molecule has 136 valence electrons. The Labute approximate surface area is 159 Å². The fourth-order valence-corrected chi connectivity index (χ4v) is 2.77. The second-order valence-corrected chi connectivity index (χ2v) is 5.99. The Balaban J connectivity index is 1.99. The molecule has 0 saturated heterocycles. The van der Waals surface area contributed by atoms with E-state index in [1.54, 1.807) is 25.5 Å². The number of benzene rings is 3. The Hall–Kier alpha value is -3.33. The molecule has 0 heterocycles.